The molecule has 0 spiro atoms. The van der Waals surface area contributed by atoms with Gasteiger partial charge in [-0.1, -0.05) is 30.7 Å². The van der Waals surface area contributed by atoms with Gasteiger partial charge in [0, 0.05) is 56.6 Å². The Bertz CT molecular complexity index is 893. The van der Waals surface area contributed by atoms with Crippen molar-refractivity contribution in [3.8, 4) is 0 Å². The van der Waals surface area contributed by atoms with Crippen LogP contribution in [-0.2, 0) is 13.0 Å². The molecule has 26 heavy (non-hydrogen) atoms. The monoisotopic (exact) mass is 370 g/mol. The van der Waals surface area contributed by atoms with Crippen LogP contribution in [0.25, 0.3) is 5.65 Å². The summed E-state index contributed by atoms with van der Waals surface area (Å²) in [5, 5.41) is 9.47. The van der Waals surface area contributed by atoms with Crippen LogP contribution in [0.4, 0.5) is 5.82 Å². The van der Waals surface area contributed by atoms with Crippen LogP contribution in [0.15, 0.2) is 36.7 Å². The maximum atomic E-state index is 6.12. The van der Waals surface area contributed by atoms with E-state index >= 15 is 0 Å². The third-order valence-electron chi connectivity index (χ3n) is 4.88. The van der Waals surface area contributed by atoms with Gasteiger partial charge in [0.1, 0.15) is 5.82 Å². The summed E-state index contributed by atoms with van der Waals surface area (Å²) in [5.41, 5.74) is 2.11. The van der Waals surface area contributed by atoms with E-state index in [-0.39, 0.29) is 0 Å². The van der Waals surface area contributed by atoms with Crippen molar-refractivity contribution < 1.29 is 0 Å². The molecule has 6 nitrogen and oxygen atoms in total. The molecule has 7 heteroatoms. The molecular weight excluding hydrogens is 348 g/mol. The van der Waals surface area contributed by atoms with E-state index in [2.05, 4.69) is 48.4 Å². The molecule has 0 aliphatic carbocycles. The van der Waals surface area contributed by atoms with Gasteiger partial charge in [0.2, 0.25) is 5.65 Å². The number of aryl methyl sites for hydroxylation is 1. The summed E-state index contributed by atoms with van der Waals surface area (Å²) < 4.78 is 2.05. The third kappa shape index (κ3) is 3.52. The van der Waals surface area contributed by atoms with Gasteiger partial charge in [0.05, 0.1) is 0 Å². The highest BCUT2D eigenvalue weighted by Crippen LogP contribution is 2.20. The van der Waals surface area contributed by atoms with E-state index in [1.165, 1.54) is 5.56 Å². The van der Waals surface area contributed by atoms with E-state index in [0.717, 1.165) is 67.9 Å². The van der Waals surface area contributed by atoms with E-state index in [1.807, 2.05) is 24.5 Å². The molecule has 0 saturated carbocycles. The first kappa shape index (κ1) is 17.2. The summed E-state index contributed by atoms with van der Waals surface area (Å²) in [4.78, 5) is 9.42. The largest absolute Gasteiger partial charge is 0.352 e. The highest BCUT2D eigenvalue weighted by Gasteiger charge is 2.20. The maximum Gasteiger partial charge on any atom is 0.203 e. The minimum Gasteiger partial charge on any atom is -0.352 e. The van der Waals surface area contributed by atoms with Crippen molar-refractivity contribution >= 4 is 23.1 Å². The zero-order chi connectivity index (χ0) is 17.9. The minimum absolute atomic E-state index is 0.799. The molecule has 1 saturated heterocycles. The van der Waals surface area contributed by atoms with Gasteiger partial charge in [-0.2, -0.15) is 0 Å². The molecular formula is C19H23ClN6. The van der Waals surface area contributed by atoms with Gasteiger partial charge >= 0.3 is 0 Å². The van der Waals surface area contributed by atoms with Crippen molar-refractivity contribution in [1.82, 2.24) is 24.5 Å². The molecule has 0 bridgehead atoms. The highest BCUT2D eigenvalue weighted by atomic mass is 35.5. The predicted molar refractivity (Wildman–Crippen MR) is 104 cm³/mol. The van der Waals surface area contributed by atoms with Crippen LogP contribution in [0.1, 0.15) is 24.7 Å². The Kier molecular flexibility index (Phi) is 5.04. The van der Waals surface area contributed by atoms with Crippen molar-refractivity contribution in [3.63, 3.8) is 0 Å². The summed E-state index contributed by atoms with van der Waals surface area (Å²) in [7, 11) is 0. The molecule has 3 heterocycles. The van der Waals surface area contributed by atoms with E-state index in [9.17, 15) is 0 Å². The molecule has 0 radical (unpaired) electrons. The number of hydrogen-bond acceptors (Lipinski definition) is 5. The van der Waals surface area contributed by atoms with Crippen molar-refractivity contribution in [1.29, 1.82) is 0 Å². The third-order valence-corrected chi connectivity index (χ3v) is 5.11. The number of fused-ring (bicyclic) bond motifs is 1. The van der Waals surface area contributed by atoms with Crippen LogP contribution in [0.3, 0.4) is 0 Å². The number of halogens is 1. The Morgan fingerprint density at radius 1 is 1.12 bits per heavy atom. The molecule has 4 rings (SSSR count). The lowest BCUT2D eigenvalue weighted by atomic mass is 10.2. The van der Waals surface area contributed by atoms with Crippen molar-refractivity contribution in [3.05, 3.63) is 53.1 Å². The molecule has 0 unspecified atom stereocenters. The molecule has 1 aromatic carbocycles. The van der Waals surface area contributed by atoms with Crippen LogP contribution in [0.2, 0.25) is 5.02 Å². The maximum absolute atomic E-state index is 6.12. The van der Waals surface area contributed by atoms with Gasteiger partial charge in [-0.15, -0.1) is 10.2 Å². The molecule has 2 aromatic heterocycles. The normalized spacial score (nSPS) is 16.2. The van der Waals surface area contributed by atoms with Gasteiger partial charge < -0.3 is 4.90 Å². The number of benzene rings is 1. The van der Waals surface area contributed by atoms with E-state index in [0.29, 0.717) is 0 Å². The van der Waals surface area contributed by atoms with Crippen molar-refractivity contribution in [2.24, 2.45) is 0 Å². The van der Waals surface area contributed by atoms with Gasteiger partial charge in [-0.25, -0.2) is 4.98 Å². The molecule has 136 valence electrons. The van der Waals surface area contributed by atoms with Gasteiger partial charge in [-0.05, 0) is 24.1 Å². The van der Waals surface area contributed by atoms with Crippen LogP contribution in [-0.4, -0.2) is 50.7 Å². The van der Waals surface area contributed by atoms with Crippen LogP contribution in [0.5, 0.6) is 0 Å². The average Bonchev–Trinajstić information content (AvgIpc) is 2.94. The van der Waals surface area contributed by atoms with E-state index in [1.54, 1.807) is 0 Å². The minimum atomic E-state index is 0.799. The van der Waals surface area contributed by atoms with Crippen LogP contribution in [0, 0.1) is 0 Å². The lowest BCUT2D eigenvalue weighted by Gasteiger charge is -2.23. The quantitative estimate of drug-likeness (QED) is 0.706. The zero-order valence-corrected chi connectivity index (χ0v) is 15.7. The second-order valence-electron chi connectivity index (χ2n) is 6.66. The summed E-state index contributed by atoms with van der Waals surface area (Å²) >= 11 is 6.12. The standard InChI is InChI=1S/C19H23ClN6/c1-2-17-22-23-19-18(21-7-10-26(17)19)25-9-4-8-24(11-12-25)14-15-5-3-6-16(20)13-15/h3,5-7,10,13H,2,4,8-9,11-12,14H2,1H3. The lowest BCUT2D eigenvalue weighted by molar-refractivity contribution is 0.285. The summed E-state index contributed by atoms with van der Waals surface area (Å²) in [6.07, 6.45) is 5.75. The number of aromatic nitrogens is 4. The van der Waals surface area contributed by atoms with Gasteiger partial charge in [0.25, 0.3) is 0 Å². The summed E-state index contributed by atoms with van der Waals surface area (Å²) in [6.45, 7) is 6.99. The average molecular weight is 371 g/mol. The smallest absolute Gasteiger partial charge is 0.203 e. The molecule has 3 aromatic rings. The van der Waals surface area contributed by atoms with Crippen LogP contribution >= 0.6 is 11.6 Å². The molecule has 1 fully saturated rings. The Hall–Kier alpha value is -2.18. The predicted octanol–water partition coefficient (Wildman–Crippen LogP) is 3.05. The second kappa shape index (κ2) is 7.60. The number of rotatable bonds is 4. The first-order chi connectivity index (χ1) is 12.7. The molecule has 0 N–H and O–H groups in total. The van der Waals surface area contributed by atoms with Gasteiger partial charge in [-0.3, -0.25) is 9.30 Å². The number of hydrogen-bond donors (Lipinski definition) is 0. The first-order valence-corrected chi connectivity index (χ1v) is 9.53. The van der Waals surface area contributed by atoms with Crippen molar-refractivity contribution in [2.75, 3.05) is 31.1 Å². The molecule has 0 atom stereocenters. The van der Waals surface area contributed by atoms with E-state index in [4.69, 9.17) is 11.6 Å². The van der Waals surface area contributed by atoms with Crippen LogP contribution < -0.4 is 4.90 Å². The molecule has 1 aliphatic heterocycles. The fourth-order valence-corrected chi connectivity index (χ4v) is 3.77. The highest BCUT2D eigenvalue weighted by molar-refractivity contribution is 6.30. The zero-order valence-electron chi connectivity index (χ0n) is 15.0. The van der Waals surface area contributed by atoms with E-state index < -0.39 is 0 Å². The SMILES string of the molecule is CCc1nnc2c(N3CCCN(Cc4cccc(Cl)c4)CC3)nccn12. The van der Waals surface area contributed by atoms with Crippen molar-refractivity contribution in [2.45, 2.75) is 26.3 Å². The van der Waals surface area contributed by atoms with Gasteiger partial charge in [0.15, 0.2) is 5.82 Å². The second-order valence-corrected chi connectivity index (χ2v) is 7.10. The molecule has 1 aliphatic rings. The number of anilines is 1. The summed E-state index contributed by atoms with van der Waals surface area (Å²) in [5.74, 6) is 1.91. The Labute approximate surface area is 158 Å². The molecule has 0 amide bonds. The fraction of sp³-hybridized carbons (Fsp3) is 0.421. The first-order valence-electron chi connectivity index (χ1n) is 9.15. The Morgan fingerprint density at radius 3 is 2.88 bits per heavy atom. The topological polar surface area (TPSA) is 49.6 Å². The number of nitrogens with zero attached hydrogens (tertiary/aromatic N) is 6. The Balaban J connectivity index is 1.49. The summed E-state index contributed by atoms with van der Waals surface area (Å²) in [6, 6.07) is 8.13. The fourth-order valence-electron chi connectivity index (χ4n) is 3.56. The lowest BCUT2D eigenvalue weighted by Crippen LogP contribution is -2.31. The Morgan fingerprint density at radius 2 is 2.04 bits per heavy atom.